The maximum Gasteiger partial charge on any atom is 0.376 e. The molecule has 0 bridgehead atoms. The molecule has 8 nitrogen and oxygen atoms in total. The lowest BCUT2D eigenvalue weighted by atomic mass is 9.93. The minimum Gasteiger partial charge on any atom is -0.449 e. The first-order valence-corrected chi connectivity index (χ1v) is 17.6. The van der Waals surface area contributed by atoms with Crippen molar-refractivity contribution in [3.8, 4) is 0 Å². The molecule has 2 radical (unpaired) electrons. The smallest absolute Gasteiger partial charge is 0.376 e. The van der Waals surface area contributed by atoms with Gasteiger partial charge in [0.1, 0.15) is 31.7 Å². The first kappa shape index (κ1) is 29.5. The van der Waals surface area contributed by atoms with Crippen LogP contribution in [0.1, 0.15) is 65.9 Å². The van der Waals surface area contributed by atoms with E-state index in [4.69, 9.17) is 39.4 Å². The van der Waals surface area contributed by atoms with Crippen LogP contribution < -0.4 is 0 Å². The third-order valence-electron chi connectivity index (χ3n) is 7.75. The monoisotopic (exact) mass is 560 g/mol. The molecule has 2 aromatic rings. The van der Waals surface area contributed by atoms with Crippen molar-refractivity contribution in [2.75, 3.05) is 13.4 Å². The number of esters is 1. The average molecular weight is 561 g/mol. The van der Waals surface area contributed by atoms with E-state index in [0.29, 0.717) is 12.2 Å². The van der Waals surface area contributed by atoms with Gasteiger partial charge in [-0.05, 0) is 34.3 Å². The van der Waals surface area contributed by atoms with Crippen molar-refractivity contribution >= 4 is 41.9 Å². The summed E-state index contributed by atoms with van der Waals surface area (Å²) >= 11 is 0. The SMILES string of the molecule is [B]C1O[C@@H]2CO[Si](C(C)C)(C(C)C)O[Si](C(C)C)(C(C)C)O[C@H]2[C@H]1OCOC(=O)c1cc2ccccc2o1. The Labute approximate surface area is 229 Å². The number of para-hydroxylation sites is 1. The molecule has 208 valence electrons. The van der Waals surface area contributed by atoms with Gasteiger partial charge in [0.05, 0.1) is 6.61 Å². The first-order valence-electron chi connectivity index (χ1n) is 13.6. The molecular weight excluding hydrogens is 519 g/mol. The number of ether oxygens (including phenoxy) is 3. The number of benzene rings is 1. The number of carbonyl (C=O) groups excluding carboxylic acids is 1. The number of furan rings is 1. The van der Waals surface area contributed by atoms with E-state index in [2.05, 4.69) is 55.4 Å². The van der Waals surface area contributed by atoms with Crippen LogP contribution >= 0.6 is 0 Å². The standard InChI is InChI=1S/C27H41BO8Si2/c1-16(2)37(17(3)4)32-14-23-24(35-38(36-37,18(5)6)19(7)8)25(26(28)34-23)30-15-31-27(29)22-13-20-11-9-10-12-21(20)33-22/h9-13,16-19,23-26H,14-15H2,1-8H3/t23-,24-,25-,26?/m1/s1. The molecule has 0 N–H and O–H groups in total. The van der Waals surface area contributed by atoms with Gasteiger partial charge in [-0.3, -0.25) is 0 Å². The molecule has 1 aromatic carbocycles. The Morgan fingerprint density at radius 1 is 1.00 bits per heavy atom. The highest BCUT2D eigenvalue weighted by atomic mass is 28.5. The second kappa shape index (κ2) is 11.6. The molecule has 2 saturated heterocycles. The summed E-state index contributed by atoms with van der Waals surface area (Å²) in [6.45, 7) is 17.3. The molecule has 1 unspecified atom stereocenters. The third-order valence-corrected chi connectivity index (χ3v) is 18.0. The number of carbonyl (C=O) groups is 1. The van der Waals surface area contributed by atoms with Gasteiger partial charge in [0.2, 0.25) is 5.76 Å². The molecular formula is C27H41BO8Si2. The topological polar surface area (TPSA) is 85.6 Å². The van der Waals surface area contributed by atoms with Crippen molar-refractivity contribution in [2.24, 2.45) is 0 Å². The molecule has 1 aromatic heterocycles. The predicted molar refractivity (Wildman–Crippen MR) is 150 cm³/mol. The Bertz CT molecular complexity index is 1050. The predicted octanol–water partition coefficient (Wildman–Crippen LogP) is 5.78. The van der Waals surface area contributed by atoms with E-state index < -0.39 is 47.4 Å². The Kier molecular flexibility index (Phi) is 8.98. The maximum absolute atomic E-state index is 12.6. The van der Waals surface area contributed by atoms with E-state index in [-0.39, 0.29) is 34.7 Å². The normalized spacial score (nSPS) is 27.2. The molecule has 2 aliphatic heterocycles. The van der Waals surface area contributed by atoms with Crippen LogP contribution in [0.2, 0.25) is 22.2 Å². The summed E-state index contributed by atoms with van der Waals surface area (Å²) in [7, 11) is 0.838. The minimum absolute atomic E-state index is 0.110. The zero-order valence-electron chi connectivity index (χ0n) is 23.8. The molecule has 2 aliphatic rings. The lowest BCUT2D eigenvalue weighted by molar-refractivity contribution is -0.0995. The molecule has 0 aliphatic carbocycles. The Balaban J connectivity index is 1.53. The molecule has 0 saturated carbocycles. The van der Waals surface area contributed by atoms with Gasteiger partial charge in [-0.1, -0.05) is 73.6 Å². The molecule has 2 fully saturated rings. The highest BCUT2D eigenvalue weighted by Gasteiger charge is 2.61. The van der Waals surface area contributed by atoms with E-state index in [1.165, 1.54) is 0 Å². The largest absolute Gasteiger partial charge is 0.449 e. The van der Waals surface area contributed by atoms with Crippen LogP contribution in [0.5, 0.6) is 0 Å². The van der Waals surface area contributed by atoms with E-state index >= 15 is 0 Å². The highest BCUT2D eigenvalue weighted by Crippen LogP contribution is 2.47. The number of hydrogen-bond acceptors (Lipinski definition) is 8. The van der Waals surface area contributed by atoms with Crippen molar-refractivity contribution < 1.29 is 36.4 Å². The quantitative estimate of drug-likeness (QED) is 0.228. The van der Waals surface area contributed by atoms with E-state index in [1.807, 2.05) is 18.2 Å². The van der Waals surface area contributed by atoms with Gasteiger partial charge in [-0.25, -0.2) is 4.79 Å². The number of rotatable bonds is 8. The van der Waals surface area contributed by atoms with Crippen molar-refractivity contribution in [3.05, 3.63) is 36.1 Å². The van der Waals surface area contributed by atoms with Gasteiger partial charge < -0.3 is 31.6 Å². The molecule has 3 heterocycles. The number of hydrogen-bond donors (Lipinski definition) is 0. The lowest BCUT2D eigenvalue weighted by Crippen LogP contribution is -2.66. The van der Waals surface area contributed by atoms with E-state index in [9.17, 15) is 4.79 Å². The fourth-order valence-corrected chi connectivity index (χ4v) is 16.9. The molecule has 11 heteroatoms. The second-order valence-electron chi connectivity index (χ2n) is 11.5. The van der Waals surface area contributed by atoms with Crippen LogP contribution in [-0.2, 0) is 27.2 Å². The van der Waals surface area contributed by atoms with Gasteiger partial charge >= 0.3 is 23.1 Å². The van der Waals surface area contributed by atoms with Gasteiger partial charge in [0.15, 0.2) is 6.79 Å². The van der Waals surface area contributed by atoms with Crippen molar-refractivity contribution in [3.63, 3.8) is 0 Å². The zero-order valence-corrected chi connectivity index (χ0v) is 25.8. The van der Waals surface area contributed by atoms with Crippen LogP contribution in [0.4, 0.5) is 0 Å². The maximum atomic E-state index is 12.6. The Morgan fingerprint density at radius 2 is 1.63 bits per heavy atom. The van der Waals surface area contributed by atoms with Gasteiger partial charge in [-0.2, -0.15) is 0 Å². The van der Waals surface area contributed by atoms with Crippen LogP contribution in [0.3, 0.4) is 0 Å². The van der Waals surface area contributed by atoms with Crippen LogP contribution in [0.25, 0.3) is 11.0 Å². The summed E-state index contributed by atoms with van der Waals surface area (Å²) in [6, 6.07) is 8.27. The minimum atomic E-state index is -2.87. The summed E-state index contributed by atoms with van der Waals surface area (Å²) in [4.78, 5) is 12.6. The molecule has 38 heavy (non-hydrogen) atoms. The zero-order chi connectivity index (χ0) is 27.8. The molecule has 0 spiro atoms. The molecule has 4 atom stereocenters. The van der Waals surface area contributed by atoms with Crippen LogP contribution in [0.15, 0.2) is 34.7 Å². The van der Waals surface area contributed by atoms with Gasteiger partial charge in [-0.15, -0.1) is 0 Å². The van der Waals surface area contributed by atoms with E-state index in [1.54, 1.807) is 12.1 Å². The Morgan fingerprint density at radius 3 is 2.24 bits per heavy atom. The summed E-state index contributed by atoms with van der Waals surface area (Å²) in [6.07, 6.45) is -1.59. The fraction of sp³-hybridized carbons (Fsp3) is 0.667. The fourth-order valence-electron chi connectivity index (χ4n) is 5.68. The van der Waals surface area contributed by atoms with Crippen molar-refractivity contribution in [1.29, 1.82) is 0 Å². The van der Waals surface area contributed by atoms with Gasteiger partial charge in [0, 0.05) is 11.4 Å². The molecule has 0 amide bonds. The summed E-state index contributed by atoms with van der Waals surface area (Å²) in [5.41, 5.74) is 1.37. The van der Waals surface area contributed by atoms with Crippen LogP contribution in [-0.4, -0.2) is 68.7 Å². The number of fused-ring (bicyclic) bond motifs is 2. The van der Waals surface area contributed by atoms with E-state index in [0.717, 1.165) is 5.39 Å². The van der Waals surface area contributed by atoms with Crippen LogP contribution in [0, 0.1) is 0 Å². The third kappa shape index (κ3) is 5.43. The highest BCUT2D eigenvalue weighted by molar-refractivity contribution is 6.84. The second-order valence-corrected chi connectivity index (χ2v) is 20.4. The first-order chi connectivity index (χ1) is 17.9. The van der Waals surface area contributed by atoms with Crippen molar-refractivity contribution in [1.82, 2.24) is 0 Å². The average Bonchev–Trinajstić information content (AvgIpc) is 3.39. The Hall–Kier alpha value is -1.47. The summed E-state index contributed by atoms with van der Waals surface area (Å²) in [5, 5.41) is 0.823. The summed E-state index contributed by atoms with van der Waals surface area (Å²) in [5.74, 6) is -0.508. The van der Waals surface area contributed by atoms with Gasteiger partial charge in [0.25, 0.3) is 0 Å². The lowest BCUT2D eigenvalue weighted by Gasteiger charge is -2.51. The summed E-state index contributed by atoms with van der Waals surface area (Å²) < 4.78 is 44.1. The van der Waals surface area contributed by atoms with Crippen molar-refractivity contribution in [2.45, 2.75) is 102 Å². The molecule has 4 rings (SSSR count).